The zero-order chi connectivity index (χ0) is 12.2. The van der Waals surface area contributed by atoms with E-state index in [1.54, 1.807) is 37.0 Å². The van der Waals surface area contributed by atoms with Crippen molar-refractivity contribution < 1.29 is 0 Å². The fraction of sp³-hybridized carbons (Fsp3) is 1.00. The van der Waals surface area contributed by atoms with Gasteiger partial charge in [0.25, 0.3) is 0 Å². The van der Waals surface area contributed by atoms with Crippen molar-refractivity contribution in [3.05, 3.63) is 0 Å². The maximum absolute atomic E-state index is 2.58. The van der Waals surface area contributed by atoms with Crippen LogP contribution in [0.4, 0.5) is 0 Å². The van der Waals surface area contributed by atoms with Gasteiger partial charge < -0.3 is 0 Å². The van der Waals surface area contributed by atoms with E-state index in [-0.39, 0.29) is 0 Å². The van der Waals surface area contributed by atoms with E-state index < -0.39 is 15.2 Å². The Morgan fingerprint density at radius 1 is 0.562 bits per heavy atom. The first-order valence-electron chi connectivity index (χ1n) is 7.16. The van der Waals surface area contributed by atoms with Crippen molar-refractivity contribution in [3.63, 3.8) is 0 Å². The first-order chi connectivity index (χ1) is 7.16. The van der Waals surface area contributed by atoms with Crippen molar-refractivity contribution in [3.8, 4) is 0 Å². The zero-order valence-corrected chi connectivity index (χ0v) is 14.2. The largest absolute Gasteiger partial charge is 0.0628 e. The highest BCUT2D eigenvalue weighted by molar-refractivity contribution is 7.46. The minimum Gasteiger partial charge on any atom is -0.0628 e. The number of hydrogen-bond donors (Lipinski definition) is 0. The highest BCUT2D eigenvalue weighted by Gasteiger charge is 2.68. The lowest BCUT2D eigenvalue weighted by Crippen LogP contribution is -2.76. The Bertz CT molecular complexity index is 242. The SMILES string of the molecule is CC(C)(C)[Si]1([Si]2(C(C)(C)C)CCC2)CCC1. The minimum atomic E-state index is -0.908. The van der Waals surface area contributed by atoms with Crippen molar-refractivity contribution in [2.45, 2.75) is 88.6 Å². The van der Waals surface area contributed by atoms with Crippen LogP contribution in [0.15, 0.2) is 0 Å². The molecule has 0 radical (unpaired) electrons. The summed E-state index contributed by atoms with van der Waals surface area (Å²) < 4.78 is 0. The molecule has 0 nitrogen and oxygen atoms in total. The molecule has 2 aliphatic heterocycles. The number of hydrogen-bond acceptors (Lipinski definition) is 0. The molecule has 2 saturated heterocycles. The third kappa shape index (κ3) is 1.38. The molecule has 0 aromatic rings. The Balaban J connectivity index is 2.40. The van der Waals surface area contributed by atoms with Gasteiger partial charge in [0.1, 0.15) is 0 Å². The Morgan fingerprint density at radius 3 is 0.875 bits per heavy atom. The van der Waals surface area contributed by atoms with Crippen LogP contribution in [0.25, 0.3) is 0 Å². The summed E-state index contributed by atoms with van der Waals surface area (Å²) in [6.45, 7) is 15.5. The summed E-state index contributed by atoms with van der Waals surface area (Å²) in [4.78, 5) is 0. The van der Waals surface area contributed by atoms with Crippen LogP contribution in [0.5, 0.6) is 0 Å². The summed E-state index contributed by atoms with van der Waals surface area (Å²) in [5.74, 6) is 0. The summed E-state index contributed by atoms with van der Waals surface area (Å²) in [6, 6.07) is 6.72. The van der Waals surface area contributed by atoms with Crippen molar-refractivity contribution in [2.24, 2.45) is 0 Å². The summed E-state index contributed by atoms with van der Waals surface area (Å²) in [5, 5.41) is 1.37. The van der Waals surface area contributed by atoms with Crippen LogP contribution in [0, 0.1) is 0 Å². The highest BCUT2D eigenvalue weighted by Crippen LogP contribution is 2.66. The lowest BCUT2D eigenvalue weighted by atomic mass is 10.2. The maximum atomic E-state index is 2.58. The van der Waals surface area contributed by atoms with E-state index in [0.29, 0.717) is 10.1 Å². The molecule has 2 heterocycles. The second kappa shape index (κ2) is 3.47. The first-order valence-corrected chi connectivity index (χ1v) is 13.0. The van der Waals surface area contributed by atoms with E-state index in [9.17, 15) is 0 Å². The molecule has 2 heteroatoms. The fourth-order valence-corrected chi connectivity index (χ4v) is 31.3. The molecule has 0 saturated carbocycles. The van der Waals surface area contributed by atoms with Gasteiger partial charge in [0.2, 0.25) is 0 Å². The molecule has 2 fully saturated rings. The van der Waals surface area contributed by atoms with E-state index in [2.05, 4.69) is 41.5 Å². The minimum absolute atomic E-state index is 0.686. The maximum Gasteiger partial charge on any atom is 0.0536 e. The molecule has 0 aromatic heterocycles. The standard InChI is InChI=1S/C14H30Si2/c1-13(2,3)15(9-7-10-15)16(11-8-12-16)14(4,5)6/h7-12H2,1-6H3. The molecule has 94 valence electrons. The molecule has 0 aliphatic carbocycles. The molecule has 2 aliphatic rings. The van der Waals surface area contributed by atoms with Crippen molar-refractivity contribution in [1.82, 2.24) is 0 Å². The third-order valence-electron chi connectivity index (χ3n) is 6.20. The molecule has 0 aromatic carbocycles. The normalized spacial score (nSPS) is 28.1. The molecule has 0 N–H and O–H groups in total. The van der Waals surface area contributed by atoms with E-state index >= 15 is 0 Å². The third-order valence-corrected chi connectivity index (χ3v) is 31.6. The van der Waals surface area contributed by atoms with E-state index in [1.165, 1.54) is 0 Å². The number of rotatable bonds is 1. The second-order valence-electron chi connectivity index (χ2n) is 8.37. The molecule has 16 heavy (non-hydrogen) atoms. The zero-order valence-electron chi connectivity index (χ0n) is 12.2. The fourth-order valence-electron chi connectivity index (χ4n) is 4.95. The Kier molecular flexibility index (Phi) is 2.79. The quantitative estimate of drug-likeness (QED) is 0.552. The predicted molar refractivity (Wildman–Crippen MR) is 79.4 cm³/mol. The van der Waals surface area contributed by atoms with Gasteiger partial charge in [-0.3, -0.25) is 0 Å². The monoisotopic (exact) mass is 254 g/mol. The van der Waals surface area contributed by atoms with Gasteiger partial charge in [0.05, 0.1) is 15.2 Å². The van der Waals surface area contributed by atoms with Gasteiger partial charge in [-0.1, -0.05) is 78.6 Å². The van der Waals surface area contributed by atoms with E-state index in [1.807, 2.05) is 0 Å². The highest BCUT2D eigenvalue weighted by atomic mass is 29.3. The van der Waals surface area contributed by atoms with Gasteiger partial charge in [-0.05, 0) is 10.1 Å². The summed E-state index contributed by atoms with van der Waals surface area (Å²) >= 11 is 0. The van der Waals surface area contributed by atoms with Gasteiger partial charge in [-0.25, -0.2) is 0 Å². The van der Waals surface area contributed by atoms with Crippen LogP contribution < -0.4 is 0 Å². The van der Waals surface area contributed by atoms with E-state index in [4.69, 9.17) is 0 Å². The predicted octanol–water partition coefficient (Wildman–Crippen LogP) is 5.37. The van der Waals surface area contributed by atoms with Gasteiger partial charge in [-0.2, -0.15) is 0 Å². The molecule has 0 amide bonds. The van der Waals surface area contributed by atoms with Crippen LogP contribution in [-0.2, 0) is 0 Å². The van der Waals surface area contributed by atoms with Crippen LogP contribution in [-0.4, -0.2) is 15.2 Å². The Hall–Kier alpha value is 0.434. The molecule has 2 rings (SSSR count). The van der Waals surface area contributed by atoms with Crippen LogP contribution in [0.1, 0.15) is 54.4 Å². The van der Waals surface area contributed by atoms with E-state index in [0.717, 1.165) is 0 Å². The average Bonchev–Trinajstić information content (AvgIpc) is 1.85. The van der Waals surface area contributed by atoms with Crippen molar-refractivity contribution in [2.75, 3.05) is 0 Å². The lowest BCUT2D eigenvalue weighted by molar-refractivity contribution is 0.627. The van der Waals surface area contributed by atoms with Crippen LogP contribution >= 0.6 is 0 Å². The topological polar surface area (TPSA) is 0 Å². The summed E-state index contributed by atoms with van der Waals surface area (Å²) in [7, 11) is -1.82. The summed E-state index contributed by atoms with van der Waals surface area (Å²) in [5.41, 5.74) is 0. The molecular formula is C14H30Si2. The molecule has 0 atom stereocenters. The van der Waals surface area contributed by atoms with Crippen molar-refractivity contribution >= 4 is 15.2 Å². The van der Waals surface area contributed by atoms with Gasteiger partial charge in [-0.15, -0.1) is 0 Å². The second-order valence-corrected chi connectivity index (χ2v) is 23.4. The lowest BCUT2D eigenvalue weighted by Gasteiger charge is -2.68. The van der Waals surface area contributed by atoms with Crippen LogP contribution in [0.3, 0.4) is 0 Å². The smallest absolute Gasteiger partial charge is 0.0536 e. The average molecular weight is 255 g/mol. The molecule has 0 bridgehead atoms. The van der Waals surface area contributed by atoms with Crippen molar-refractivity contribution in [1.29, 1.82) is 0 Å². The molecule has 0 spiro atoms. The van der Waals surface area contributed by atoms with Gasteiger partial charge in [0, 0.05) is 0 Å². The van der Waals surface area contributed by atoms with Gasteiger partial charge >= 0.3 is 0 Å². The Labute approximate surface area is 104 Å². The van der Waals surface area contributed by atoms with Crippen LogP contribution in [0.2, 0.25) is 34.3 Å². The molecule has 0 unspecified atom stereocenters. The first kappa shape index (κ1) is 12.9. The van der Waals surface area contributed by atoms with Gasteiger partial charge in [0.15, 0.2) is 0 Å². The molecular weight excluding hydrogens is 224 g/mol. The Morgan fingerprint density at radius 2 is 0.812 bits per heavy atom. The summed E-state index contributed by atoms with van der Waals surface area (Å²) in [6.07, 6.45) is 3.13.